The molecule has 0 aliphatic rings. The van der Waals surface area contributed by atoms with Crippen LogP contribution in [0.5, 0.6) is 0 Å². The van der Waals surface area contributed by atoms with Crippen molar-refractivity contribution in [2.45, 2.75) is 39.5 Å². The first-order chi connectivity index (χ1) is 8.74. The molecule has 0 saturated heterocycles. The SMILES string of the molecule is Cc1cc(C)cc(CCCCc2ccccc2)c1. The Morgan fingerprint density at radius 1 is 0.667 bits per heavy atom. The fourth-order valence-corrected chi connectivity index (χ4v) is 2.52. The van der Waals surface area contributed by atoms with Crippen LogP contribution in [0, 0.1) is 13.8 Å². The van der Waals surface area contributed by atoms with E-state index in [0.717, 1.165) is 0 Å². The Hall–Kier alpha value is -1.56. The van der Waals surface area contributed by atoms with Crippen molar-refractivity contribution in [1.82, 2.24) is 0 Å². The zero-order valence-electron chi connectivity index (χ0n) is 11.4. The number of hydrogen-bond donors (Lipinski definition) is 0. The zero-order chi connectivity index (χ0) is 12.8. The minimum Gasteiger partial charge on any atom is -0.0622 e. The lowest BCUT2D eigenvalue weighted by atomic mass is 10.0. The van der Waals surface area contributed by atoms with Gasteiger partial charge in [-0.1, -0.05) is 59.7 Å². The van der Waals surface area contributed by atoms with E-state index in [9.17, 15) is 0 Å². The molecule has 0 aliphatic carbocycles. The van der Waals surface area contributed by atoms with E-state index in [1.165, 1.54) is 47.9 Å². The van der Waals surface area contributed by atoms with E-state index in [0.29, 0.717) is 0 Å². The highest BCUT2D eigenvalue weighted by molar-refractivity contribution is 5.28. The van der Waals surface area contributed by atoms with Crippen LogP contribution < -0.4 is 0 Å². The van der Waals surface area contributed by atoms with E-state index >= 15 is 0 Å². The first kappa shape index (κ1) is 12.9. The van der Waals surface area contributed by atoms with E-state index in [2.05, 4.69) is 62.4 Å². The van der Waals surface area contributed by atoms with Gasteiger partial charge in [-0.15, -0.1) is 0 Å². The van der Waals surface area contributed by atoms with E-state index in [-0.39, 0.29) is 0 Å². The maximum Gasteiger partial charge on any atom is -0.0279 e. The van der Waals surface area contributed by atoms with Crippen molar-refractivity contribution in [3.63, 3.8) is 0 Å². The Morgan fingerprint density at radius 2 is 1.22 bits per heavy atom. The van der Waals surface area contributed by atoms with Gasteiger partial charge in [-0.25, -0.2) is 0 Å². The highest BCUT2D eigenvalue weighted by Crippen LogP contribution is 2.13. The summed E-state index contributed by atoms with van der Waals surface area (Å²) in [4.78, 5) is 0. The molecule has 2 aromatic rings. The van der Waals surface area contributed by atoms with Crippen LogP contribution in [0.15, 0.2) is 48.5 Å². The van der Waals surface area contributed by atoms with E-state index < -0.39 is 0 Å². The zero-order valence-corrected chi connectivity index (χ0v) is 11.4. The Balaban J connectivity index is 1.78. The molecule has 94 valence electrons. The van der Waals surface area contributed by atoms with Crippen LogP contribution in [0.25, 0.3) is 0 Å². The van der Waals surface area contributed by atoms with Crippen LogP contribution in [0.1, 0.15) is 35.1 Å². The molecule has 0 fully saturated rings. The van der Waals surface area contributed by atoms with Gasteiger partial charge in [0, 0.05) is 0 Å². The topological polar surface area (TPSA) is 0 Å². The average molecular weight is 238 g/mol. The van der Waals surface area contributed by atoms with Gasteiger partial charge in [0.25, 0.3) is 0 Å². The standard InChI is InChI=1S/C18H22/c1-15-12-16(2)14-18(13-15)11-7-6-10-17-8-4-3-5-9-17/h3-5,8-9,12-14H,6-7,10-11H2,1-2H3. The van der Waals surface area contributed by atoms with Gasteiger partial charge in [0.2, 0.25) is 0 Å². The molecule has 0 heterocycles. The van der Waals surface area contributed by atoms with Gasteiger partial charge in [0.1, 0.15) is 0 Å². The summed E-state index contributed by atoms with van der Waals surface area (Å²) in [6.45, 7) is 4.36. The van der Waals surface area contributed by atoms with Gasteiger partial charge in [0.05, 0.1) is 0 Å². The first-order valence-electron chi connectivity index (χ1n) is 6.85. The highest BCUT2D eigenvalue weighted by atomic mass is 14.0. The van der Waals surface area contributed by atoms with Crippen molar-refractivity contribution >= 4 is 0 Å². The van der Waals surface area contributed by atoms with E-state index in [1.54, 1.807) is 0 Å². The van der Waals surface area contributed by atoms with Gasteiger partial charge in [-0.05, 0) is 50.7 Å². The van der Waals surface area contributed by atoms with Crippen LogP contribution >= 0.6 is 0 Å². The molecular weight excluding hydrogens is 216 g/mol. The number of hydrogen-bond acceptors (Lipinski definition) is 0. The van der Waals surface area contributed by atoms with Gasteiger partial charge >= 0.3 is 0 Å². The summed E-state index contributed by atoms with van der Waals surface area (Å²) in [6.07, 6.45) is 4.95. The molecule has 2 aromatic carbocycles. The third-order valence-corrected chi connectivity index (χ3v) is 3.31. The molecular formula is C18H22. The minimum atomic E-state index is 1.20. The summed E-state index contributed by atoms with van der Waals surface area (Å²) < 4.78 is 0. The van der Waals surface area contributed by atoms with E-state index in [4.69, 9.17) is 0 Å². The second kappa shape index (κ2) is 6.39. The third-order valence-electron chi connectivity index (χ3n) is 3.31. The van der Waals surface area contributed by atoms with Crippen molar-refractivity contribution in [3.05, 3.63) is 70.8 Å². The molecule has 0 aromatic heterocycles. The van der Waals surface area contributed by atoms with Gasteiger partial charge in [-0.2, -0.15) is 0 Å². The van der Waals surface area contributed by atoms with Crippen LogP contribution in [-0.2, 0) is 12.8 Å². The summed E-state index contributed by atoms with van der Waals surface area (Å²) in [5, 5.41) is 0. The second-order valence-electron chi connectivity index (χ2n) is 5.19. The van der Waals surface area contributed by atoms with Crippen molar-refractivity contribution in [2.24, 2.45) is 0 Å². The van der Waals surface area contributed by atoms with Crippen molar-refractivity contribution in [2.75, 3.05) is 0 Å². The van der Waals surface area contributed by atoms with Crippen molar-refractivity contribution < 1.29 is 0 Å². The van der Waals surface area contributed by atoms with Crippen LogP contribution in [-0.4, -0.2) is 0 Å². The minimum absolute atomic E-state index is 1.20. The Labute approximate surface area is 111 Å². The summed E-state index contributed by atoms with van der Waals surface area (Å²) in [5.74, 6) is 0. The molecule has 0 unspecified atom stereocenters. The predicted octanol–water partition coefficient (Wildman–Crippen LogP) is 4.87. The number of rotatable bonds is 5. The molecule has 0 N–H and O–H groups in total. The molecule has 0 heteroatoms. The van der Waals surface area contributed by atoms with Gasteiger partial charge in [0.15, 0.2) is 0 Å². The molecule has 0 nitrogen and oxygen atoms in total. The summed E-state index contributed by atoms with van der Waals surface area (Å²) >= 11 is 0. The quantitative estimate of drug-likeness (QED) is 0.652. The number of unbranched alkanes of at least 4 members (excludes halogenated alkanes) is 1. The van der Waals surface area contributed by atoms with Crippen LogP contribution in [0.4, 0.5) is 0 Å². The number of aryl methyl sites for hydroxylation is 4. The number of benzene rings is 2. The molecule has 0 aliphatic heterocycles. The lowest BCUT2D eigenvalue weighted by molar-refractivity contribution is 0.734. The second-order valence-corrected chi connectivity index (χ2v) is 5.19. The smallest absolute Gasteiger partial charge is 0.0279 e. The molecule has 0 atom stereocenters. The summed E-state index contributed by atoms with van der Waals surface area (Å²) in [5.41, 5.74) is 5.71. The maximum absolute atomic E-state index is 2.31. The summed E-state index contributed by atoms with van der Waals surface area (Å²) in [7, 11) is 0. The molecule has 0 bridgehead atoms. The molecule has 0 spiro atoms. The largest absolute Gasteiger partial charge is 0.0622 e. The Kier molecular flexibility index (Phi) is 4.58. The van der Waals surface area contributed by atoms with E-state index in [1.807, 2.05) is 0 Å². The van der Waals surface area contributed by atoms with Crippen molar-refractivity contribution in [3.8, 4) is 0 Å². The lowest BCUT2D eigenvalue weighted by Gasteiger charge is -2.05. The molecule has 2 rings (SSSR count). The lowest BCUT2D eigenvalue weighted by Crippen LogP contribution is -1.91. The Bertz CT molecular complexity index is 462. The van der Waals surface area contributed by atoms with Gasteiger partial charge < -0.3 is 0 Å². The van der Waals surface area contributed by atoms with Gasteiger partial charge in [-0.3, -0.25) is 0 Å². The molecule has 18 heavy (non-hydrogen) atoms. The fourth-order valence-electron chi connectivity index (χ4n) is 2.52. The van der Waals surface area contributed by atoms with Crippen LogP contribution in [0.2, 0.25) is 0 Å². The van der Waals surface area contributed by atoms with Crippen LogP contribution in [0.3, 0.4) is 0 Å². The average Bonchev–Trinajstić information content (AvgIpc) is 2.35. The highest BCUT2D eigenvalue weighted by Gasteiger charge is 1.97. The normalized spacial score (nSPS) is 10.6. The van der Waals surface area contributed by atoms with Crippen molar-refractivity contribution in [1.29, 1.82) is 0 Å². The molecule has 0 radical (unpaired) electrons. The predicted molar refractivity (Wildman–Crippen MR) is 79.0 cm³/mol. The summed E-state index contributed by atoms with van der Waals surface area (Å²) in [6, 6.07) is 17.6. The molecule has 0 saturated carbocycles. The third kappa shape index (κ3) is 4.03. The Morgan fingerprint density at radius 3 is 1.83 bits per heavy atom. The monoisotopic (exact) mass is 238 g/mol. The first-order valence-corrected chi connectivity index (χ1v) is 6.85. The molecule has 0 amide bonds. The fraction of sp³-hybridized carbons (Fsp3) is 0.333. The maximum atomic E-state index is 2.31.